The summed E-state index contributed by atoms with van der Waals surface area (Å²) in [6.45, 7) is 2.29. The van der Waals surface area contributed by atoms with E-state index in [4.69, 9.17) is 10.5 Å². The van der Waals surface area contributed by atoms with Crippen LogP contribution in [0.4, 0.5) is 10.5 Å². The number of para-hydroxylation sites is 1. The minimum Gasteiger partial charge on any atom is -0.383 e. The van der Waals surface area contributed by atoms with Crippen molar-refractivity contribution in [1.82, 2.24) is 4.90 Å². The van der Waals surface area contributed by atoms with Crippen molar-refractivity contribution in [1.29, 1.82) is 0 Å². The van der Waals surface area contributed by atoms with E-state index < -0.39 is 0 Å². The molecule has 1 rings (SSSR count). The summed E-state index contributed by atoms with van der Waals surface area (Å²) in [5.74, 6) is 0. The van der Waals surface area contributed by atoms with Gasteiger partial charge in [0.05, 0.1) is 6.61 Å². The number of nitrogens with two attached hydrogens (primary N) is 1. The van der Waals surface area contributed by atoms with Crippen molar-refractivity contribution in [3.05, 3.63) is 30.3 Å². The molecule has 2 amide bonds. The number of nitrogens with zero attached hydrogens (tertiary/aromatic N) is 1. The van der Waals surface area contributed by atoms with Gasteiger partial charge in [-0.1, -0.05) is 18.2 Å². The van der Waals surface area contributed by atoms with Gasteiger partial charge in [0.2, 0.25) is 0 Å². The lowest BCUT2D eigenvalue weighted by molar-refractivity contribution is 0.155. The Hall–Kier alpha value is -1.59. The molecule has 0 fully saturated rings. The summed E-state index contributed by atoms with van der Waals surface area (Å²) in [6.07, 6.45) is 0.784. The number of ether oxygens (including phenoxy) is 1. The number of methoxy groups -OCH3 is 1. The minimum atomic E-state index is -0.119. The van der Waals surface area contributed by atoms with E-state index in [2.05, 4.69) is 5.32 Å². The van der Waals surface area contributed by atoms with Gasteiger partial charge < -0.3 is 20.7 Å². The van der Waals surface area contributed by atoms with E-state index in [1.54, 1.807) is 12.0 Å². The van der Waals surface area contributed by atoms with Gasteiger partial charge in [0.25, 0.3) is 0 Å². The second kappa shape index (κ2) is 8.49. The number of hydrogen-bond acceptors (Lipinski definition) is 3. The zero-order valence-electron chi connectivity index (χ0n) is 10.8. The molecule has 0 unspecified atom stereocenters. The summed E-state index contributed by atoms with van der Waals surface area (Å²) in [6, 6.07) is 9.27. The van der Waals surface area contributed by atoms with Gasteiger partial charge in [0.1, 0.15) is 0 Å². The number of carbonyl (C=O) groups is 1. The average Bonchev–Trinajstić information content (AvgIpc) is 2.40. The largest absolute Gasteiger partial charge is 0.383 e. The molecule has 0 bridgehead atoms. The van der Waals surface area contributed by atoms with Crippen molar-refractivity contribution in [3.63, 3.8) is 0 Å². The van der Waals surface area contributed by atoms with Crippen LogP contribution in [0.3, 0.4) is 0 Å². The smallest absolute Gasteiger partial charge is 0.321 e. The molecule has 3 N–H and O–H groups in total. The van der Waals surface area contributed by atoms with Gasteiger partial charge in [-0.3, -0.25) is 0 Å². The molecule has 0 aliphatic carbocycles. The molecule has 18 heavy (non-hydrogen) atoms. The predicted octanol–water partition coefficient (Wildman–Crippen LogP) is 1.52. The fourth-order valence-electron chi connectivity index (χ4n) is 1.52. The Morgan fingerprint density at radius 3 is 2.67 bits per heavy atom. The molecule has 0 spiro atoms. The number of nitrogens with one attached hydrogen (secondary N) is 1. The fourth-order valence-corrected chi connectivity index (χ4v) is 1.52. The van der Waals surface area contributed by atoms with E-state index >= 15 is 0 Å². The van der Waals surface area contributed by atoms with Crippen LogP contribution in [0, 0.1) is 0 Å². The topological polar surface area (TPSA) is 67.6 Å². The number of rotatable bonds is 7. The Morgan fingerprint density at radius 1 is 1.33 bits per heavy atom. The summed E-state index contributed by atoms with van der Waals surface area (Å²) in [7, 11) is 1.62. The number of amides is 2. The standard InChI is InChI=1S/C13H21N3O2/c1-18-11-10-16(9-5-8-14)13(17)15-12-6-3-2-4-7-12/h2-4,6-7H,5,8-11,14H2,1H3,(H,15,17). The first-order valence-corrected chi connectivity index (χ1v) is 6.08. The molecule has 1 aromatic carbocycles. The Kier molecular flexibility index (Phi) is 6.83. The maximum Gasteiger partial charge on any atom is 0.321 e. The second-order valence-electron chi connectivity index (χ2n) is 3.92. The number of carbonyl (C=O) groups excluding carboxylic acids is 1. The van der Waals surface area contributed by atoms with Crippen LogP contribution in [0.25, 0.3) is 0 Å². The number of benzene rings is 1. The molecule has 0 atom stereocenters. The van der Waals surface area contributed by atoms with Crippen LogP contribution in [-0.2, 0) is 4.74 Å². The molecule has 100 valence electrons. The first-order chi connectivity index (χ1) is 8.77. The summed E-state index contributed by atoms with van der Waals surface area (Å²) >= 11 is 0. The molecule has 0 radical (unpaired) electrons. The molecule has 0 saturated carbocycles. The van der Waals surface area contributed by atoms with Crippen LogP contribution < -0.4 is 11.1 Å². The molecule has 0 aromatic heterocycles. The Balaban J connectivity index is 2.52. The van der Waals surface area contributed by atoms with Gasteiger partial charge >= 0.3 is 6.03 Å². The van der Waals surface area contributed by atoms with E-state index in [0.717, 1.165) is 12.1 Å². The molecule has 5 nitrogen and oxygen atoms in total. The van der Waals surface area contributed by atoms with Gasteiger partial charge in [-0.15, -0.1) is 0 Å². The van der Waals surface area contributed by atoms with E-state index in [-0.39, 0.29) is 6.03 Å². The predicted molar refractivity (Wildman–Crippen MR) is 72.6 cm³/mol. The van der Waals surface area contributed by atoms with E-state index in [9.17, 15) is 4.79 Å². The molecule has 0 heterocycles. The Labute approximate surface area is 108 Å². The molecular formula is C13H21N3O2. The van der Waals surface area contributed by atoms with Crippen molar-refractivity contribution in [2.75, 3.05) is 38.7 Å². The van der Waals surface area contributed by atoms with Crippen molar-refractivity contribution in [3.8, 4) is 0 Å². The molecule has 0 aliphatic heterocycles. The highest BCUT2D eigenvalue weighted by molar-refractivity contribution is 5.89. The zero-order valence-corrected chi connectivity index (χ0v) is 10.8. The summed E-state index contributed by atoms with van der Waals surface area (Å²) < 4.78 is 5.00. The number of urea groups is 1. The molecule has 0 aliphatic rings. The lowest BCUT2D eigenvalue weighted by Gasteiger charge is -2.22. The summed E-state index contributed by atoms with van der Waals surface area (Å²) in [4.78, 5) is 13.8. The quantitative estimate of drug-likeness (QED) is 0.772. The zero-order chi connectivity index (χ0) is 13.2. The first-order valence-electron chi connectivity index (χ1n) is 6.08. The number of anilines is 1. The highest BCUT2D eigenvalue weighted by atomic mass is 16.5. The first kappa shape index (κ1) is 14.5. The normalized spacial score (nSPS) is 10.1. The highest BCUT2D eigenvalue weighted by Gasteiger charge is 2.12. The van der Waals surface area contributed by atoms with E-state index in [0.29, 0.717) is 26.2 Å². The van der Waals surface area contributed by atoms with Gasteiger partial charge in [0, 0.05) is 25.9 Å². The average molecular weight is 251 g/mol. The number of hydrogen-bond donors (Lipinski definition) is 2. The van der Waals surface area contributed by atoms with Gasteiger partial charge in [0.15, 0.2) is 0 Å². The summed E-state index contributed by atoms with van der Waals surface area (Å²) in [5, 5.41) is 2.85. The highest BCUT2D eigenvalue weighted by Crippen LogP contribution is 2.06. The van der Waals surface area contributed by atoms with E-state index in [1.807, 2.05) is 30.3 Å². The van der Waals surface area contributed by atoms with Crippen molar-refractivity contribution < 1.29 is 9.53 Å². The van der Waals surface area contributed by atoms with Crippen molar-refractivity contribution >= 4 is 11.7 Å². The molecular weight excluding hydrogens is 230 g/mol. The lowest BCUT2D eigenvalue weighted by Crippen LogP contribution is -2.38. The third-order valence-corrected chi connectivity index (χ3v) is 2.51. The van der Waals surface area contributed by atoms with Crippen LogP contribution in [-0.4, -0.2) is 44.3 Å². The van der Waals surface area contributed by atoms with Crippen LogP contribution in [0.2, 0.25) is 0 Å². The minimum absolute atomic E-state index is 0.119. The lowest BCUT2D eigenvalue weighted by atomic mass is 10.3. The molecule has 0 saturated heterocycles. The van der Waals surface area contributed by atoms with Gasteiger partial charge in [-0.05, 0) is 25.1 Å². The van der Waals surface area contributed by atoms with Gasteiger partial charge in [-0.2, -0.15) is 0 Å². The monoisotopic (exact) mass is 251 g/mol. The summed E-state index contributed by atoms with van der Waals surface area (Å²) in [5.41, 5.74) is 6.26. The van der Waals surface area contributed by atoms with E-state index in [1.165, 1.54) is 0 Å². The fraction of sp³-hybridized carbons (Fsp3) is 0.462. The van der Waals surface area contributed by atoms with Crippen molar-refractivity contribution in [2.45, 2.75) is 6.42 Å². The van der Waals surface area contributed by atoms with Gasteiger partial charge in [-0.25, -0.2) is 4.79 Å². The SMILES string of the molecule is COCCN(CCCN)C(=O)Nc1ccccc1. The Bertz CT molecular complexity index is 335. The Morgan fingerprint density at radius 2 is 2.06 bits per heavy atom. The molecule has 5 heteroatoms. The third kappa shape index (κ3) is 5.16. The van der Waals surface area contributed by atoms with Crippen LogP contribution in [0.1, 0.15) is 6.42 Å². The van der Waals surface area contributed by atoms with Crippen LogP contribution >= 0.6 is 0 Å². The maximum absolute atomic E-state index is 12.0. The molecule has 1 aromatic rings. The third-order valence-electron chi connectivity index (χ3n) is 2.51. The van der Waals surface area contributed by atoms with Crippen molar-refractivity contribution in [2.24, 2.45) is 5.73 Å². The maximum atomic E-state index is 12.0. The van der Waals surface area contributed by atoms with Crippen LogP contribution in [0.5, 0.6) is 0 Å². The second-order valence-corrected chi connectivity index (χ2v) is 3.92. The van der Waals surface area contributed by atoms with Crippen LogP contribution in [0.15, 0.2) is 30.3 Å².